The highest BCUT2D eigenvalue weighted by molar-refractivity contribution is 5.79. The first-order chi connectivity index (χ1) is 17.6. The molecule has 1 N–H and O–H groups in total. The normalized spacial score (nSPS) is 14.0. The van der Waals surface area contributed by atoms with Crippen LogP contribution in [-0.2, 0) is 0 Å². The van der Waals surface area contributed by atoms with Gasteiger partial charge in [0, 0.05) is 24.2 Å². The summed E-state index contributed by atoms with van der Waals surface area (Å²) in [5.41, 5.74) is 2.38. The maximum absolute atomic E-state index is 13.9. The van der Waals surface area contributed by atoms with E-state index in [0.29, 0.717) is 34.2 Å². The highest BCUT2D eigenvalue weighted by atomic mass is 16.5. The minimum absolute atomic E-state index is 0.0737. The fourth-order valence-electron chi connectivity index (χ4n) is 4.97. The van der Waals surface area contributed by atoms with Gasteiger partial charge in [-0.1, -0.05) is 26.7 Å². The van der Waals surface area contributed by atoms with Crippen molar-refractivity contribution in [2.75, 3.05) is 45.7 Å². The topological polar surface area (TPSA) is 94.4 Å². The number of hydrogen-bond acceptors (Lipinski definition) is 8. The second kappa shape index (κ2) is 12.2. The first kappa shape index (κ1) is 25.9. The van der Waals surface area contributed by atoms with Crippen molar-refractivity contribution in [3.05, 3.63) is 34.6 Å². The highest BCUT2D eigenvalue weighted by Crippen LogP contribution is 2.33. The zero-order valence-corrected chi connectivity index (χ0v) is 21.9. The van der Waals surface area contributed by atoms with Crippen molar-refractivity contribution in [1.82, 2.24) is 24.6 Å². The van der Waals surface area contributed by atoms with E-state index in [4.69, 9.17) is 14.5 Å². The van der Waals surface area contributed by atoms with Gasteiger partial charge in [0.15, 0.2) is 5.65 Å². The summed E-state index contributed by atoms with van der Waals surface area (Å²) in [5, 5.41) is 12.1. The molecule has 0 saturated heterocycles. The van der Waals surface area contributed by atoms with E-state index >= 15 is 0 Å². The fraction of sp³-hybridized carbons (Fsp3) is 0.556. The summed E-state index contributed by atoms with van der Waals surface area (Å²) in [6, 6.07) is 7.37. The summed E-state index contributed by atoms with van der Waals surface area (Å²) in [4.78, 5) is 21.1. The number of fused-ring (bicyclic) bond motifs is 1. The first-order valence-corrected chi connectivity index (χ1v) is 13.1. The quantitative estimate of drug-likeness (QED) is 0.367. The van der Waals surface area contributed by atoms with Gasteiger partial charge < -0.3 is 19.7 Å². The zero-order chi connectivity index (χ0) is 25.5. The van der Waals surface area contributed by atoms with Crippen LogP contribution in [0.4, 0.5) is 5.95 Å². The predicted octanol–water partition coefficient (Wildman–Crippen LogP) is 4.52. The van der Waals surface area contributed by atoms with Crippen LogP contribution >= 0.6 is 0 Å². The van der Waals surface area contributed by atoms with E-state index in [2.05, 4.69) is 34.3 Å². The average molecular weight is 495 g/mol. The molecule has 1 saturated carbocycles. The molecule has 0 spiro atoms. The molecule has 1 aromatic carbocycles. The van der Waals surface area contributed by atoms with Crippen molar-refractivity contribution < 1.29 is 9.47 Å². The van der Waals surface area contributed by atoms with Gasteiger partial charge in [0.2, 0.25) is 5.95 Å². The molecular weight excluding hydrogens is 456 g/mol. The third kappa shape index (κ3) is 5.78. The standard InChI is InChI=1S/C27H38N6O3/c1-5-32(6-2)14-10-9-13-28-27-29-25-24(30-31-27)18-23(26(34)33(25)20-11-7-8-12-20)19-15-21(35-3)17-22(16-19)36-4/h15-18,20H,5-14H2,1-4H3,(H,28,29,31). The van der Waals surface area contributed by atoms with E-state index in [1.54, 1.807) is 26.4 Å². The molecule has 0 radical (unpaired) electrons. The van der Waals surface area contributed by atoms with Crippen LogP contribution in [0.15, 0.2) is 29.1 Å². The number of nitrogens with zero attached hydrogens (tertiary/aromatic N) is 5. The predicted molar refractivity (Wildman–Crippen MR) is 143 cm³/mol. The van der Waals surface area contributed by atoms with Crippen LogP contribution in [0.1, 0.15) is 58.4 Å². The Hall–Kier alpha value is -3.20. The van der Waals surface area contributed by atoms with Gasteiger partial charge in [-0.2, -0.15) is 4.98 Å². The van der Waals surface area contributed by atoms with E-state index < -0.39 is 0 Å². The molecule has 0 amide bonds. The molecule has 0 aliphatic heterocycles. The lowest BCUT2D eigenvalue weighted by atomic mass is 10.1. The van der Waals surface area contributed by atoms with Crippen LogP contribution in [0.2, 0.25) is 0 Å². The maximum atomic E-state index is 13.9. The number of rotatable bonds is 12. The van der Waals surface area contributed by atoms with Crippen molar-refractivity contribution in [3.8, 4) is 22.6 Å². The van der Waals surface area contributed by atoms with E-state index in [0.717, 1.165) is 70.3 Å². The maximum Gasteiger partial charge on any atom is 0.260 e. The largest absolute Gasteiger partial charge is 0.497 e. The molecule has 2 heterocycles. The molecule has 4 rings (SSSR count). The average Bonchev–Trinajstić information content (AvgIpc) is 3.44. The number of benzene rings is 1. The van der Waals surface area contributed by atoms with Gasteiger partial charge in [-0.15, -0.1) is 10.2 Å². The van der Waals surface area contributed by atoms with Crippen LogP contribution in [0.5, 0.6) is 11.5 Å². The summed E-state index contributed by atoms with van der Waals surface area (Å²) in [5.74, 6) is 1.72. The molecule has 1 fully saturated rings. The third-order valence-electron chi connectivity index (χ3n) is 7.08. The molecule has 2 aromatic heterocycles. The molecular formula is C27H38N6O3. The lowest BCUT2D eigenvalue weighted by Crippen LogP contribution is -2.27. The Kier molecular flexibility index (Phi) is 8.74. The molecule has 0 unspecified atom stereocenters. The van der Waals surface area contributed by atoms with Crippen LogP contribution in [0.3, 0.4) is 0 Å². The van der Waals surface area contributed by atoms with Crippen LogP contribution in [0, 0.1) is 0 Å². The van der Waals surface area contributed by atoms with E-state index in [1.165, 1.54) is 0 Å². The summed E-state index contributed by atoms with van der Waals surface area (Å²) >= 11 is 0. The highest BCUT2D eigenvalue weighted by Gasteiger charge is 2.24. The van der Waals surface area contributed by atoms with E-state index in [1.807, 2.05) is 16.7 Å². The van der Waals surface area contributed by atoms with Crippen molar-refractivity contribution in [2.24, 2.45) is 0 Å². The molecule has 9 heteroatoms. The van der Waals surface area contributed by atoms with E-state index in [9.17, 15) is 4.79 Å². The molecule has 1 aliphatic rings. The zero-order valence-electron chi connectivity index (χ0n) is 21.9. The molecule has 0 atom stereocenters. The number of ether oxygens (including phenoxy) is 2. The Morgan fingerprint density at radius 1 is 1.00 bits per heavy atom. The third-order valence-corrected chi connectivity index (χ3v) is 7.08. The number of hydrogen-bond donors (Lipinski definition) is 1. The van der Waals surface area contributed by atoms with Crippen molar-refractivity contribution in [2.45, 2.75) is 58.4 Å². The summed E-state index contributed by atoms with van der Waals surface area (Å²) in [6.07, 6.45) is 6.24. The molecule has 36 heavy (non-hydrogen) atoms. The Bertz CT molecular complexity index is 1200. The second-order valence-corrected chi connectivity index (χ2v) is 9.28. The van der Waals surface area contributed by atoms with Crippen molar-refractivity contribution in [3.63, 3.8) is 0 Å². The molecule has 0 bridgehead atoms. The second-order valence-electron chi connectivity index (χ2n) is 9.28. The smallest absolute Gasteiger partial charge is 0.260 e. The van der Waals surface area contributed by atoms with E-state index in [-0.39, 0.29) is 11.6 Å². The van der Waals surface area contributed by atoms with Crippen molar-refractivity contribution >= 4 is 17.1 Å². The number of anilines is 1. The number of nitrogens with one attached hydrogen (secondary N) is 1. The summed E-state index contributed by atoms with van der Waals surface area (Å²) < 4.78 is 12.7. The lowest BCUT2D eigenvalue weighted by molar-refractivity contribution is 0.298. The number of aromatic nitrogens is 4. The minimum atomic E-state index is -0.0737. The van der Waals surface area contributed by atoms with Crippen LogP contribution in [-0.4, -0.2) is 65.0 Å². The van der Waals surface area contributed by atoms with Crippen molar-refractivity contribution in [1.29, 1.82) is 0 Å². The minimum Gasteiger partial charge on any atom is -0.497 e. The van der Waals surface area contributed by atoms with Gasteiger partial charge in [0.05, 0.1) is 14.2 Å². The van der Waals surface area contributed by atoms with Gasteiger partial charge in [-0.3, -0.25) is 9.36 Å². The van der Waals surface area contributed by atoms with Gasteiger partial charge in [-0.05, 0) is 69.1 Å². The SMILES string of the molecule is CCN(CC)CCCCNc1nnc2cc(-c3cc(OC)cc(OC)c3)c(=O)n(C3CCCC3)c2n1. The van der Waals surface area contributed by atoms with Crippen LogP contribution in [0.25, 0.3) is 22.3 Å². The monoisotopic (exact) mass is 494 g/mol. The summed E-state index contributed by atoms with van der Waals surface area (Å²) in [6.45, 7) is 8.39. The first-order valence-electron chi connectivity index (χ1n) is 13.1. The number of methoxy groups -OCH3 is 2. The lowest BCUT2D eigenvalue weighted by Gasteiger charge is -2.18. The Morgan fingerprint density at radius 3 is 2.33 bits per heavy atom. The fourth-order valence-corrected chi connectivity index (χ4v) is 4.97. The molecule has 3 aromatic rings. The molecule has 9 nitrogen and oxygen atoms in total. The number of unbranched alkanes of at least 4 members (excludes halogenated alkanes) is 1. The Morgan fingerprint density at radius 2 is 1.69 bits per heavy atom. The molecule has 1 aliphatic carbocycles. The van der Waals surface area contributed by atoms with Gasteiger partial charge in [0.25, 0.3) is 5.56 Å². The van der Waals surface area contributed by atoms with Gasteiger partial charge in [0.1, 0.15) is 17.0 Å². The van der Waals surface area contributed by atoms with Gasteiger partial charge in [-0.25, -0.2) is 0 Å². The van der Waals surface area contributed by atoms with Crippen LogP contribution < -0.4 is 20.3 Å². The Balaban J connectivity index is 1.66. The number of pyridine rings is 1. The molecule has 194 valence electrons. The van der Waals surface area contributed by atoms with Gasteiger partial charge >= 0.3 is 0 Å². The summed E-state index contributed by atoms with van der Waals surface area (Å²) in [7, 11) is 3.20. The Labute approximate surface area is 212 Å².